The zero-order valence-corrected chi connectivity index (χ0v) is 50.6. The number of hydrogen-bond donors (Lipinski definition) is 6. The molecular weight excluding hydrogens is 1390 g/mol. The third kappa shape index (κ3) is 11.0. The van der Waals surface area contributed by atoms with E-state index in [4.69, 9.17) is 11.5 Å². The highest BCUT2D eigenvalue weighted by Gasteiger charge is 2.77. The summed E-state index contributed by atoms with van der Waals surface area (Å²) in [5, 5.41) is 30.3. The van der Waals surface area contributed by atoms with Crippen LogP contribution in [-0.2, 0) is 50.7 Å². The Morgan fingerprint density at radius 1 is 0.402 bits per heavy atom. The quantitative estimate of drug-likeness (QED) is 0.0656. The number of rotatable bonds is 11. The predicted octanol–water partition coefficient (Wildman–Crippen LogP) is 9.54. The van der Waals surface area contributed by atoms with Crippen LogP contribution in [-0.4, -0.2) is 127 Å². The van der Waals surface area contributed by atoms with Crippen LogP contribution in [0.1, 0.15) is 33.4 Å². The van der Waals surface area contributed by atoms with Crippen molar-refractivity contribution in [2.45, 2.75) is 66.7 Å². The van der Waals surface area contributed by atoms with E-state index in [9.17, 15) is 89.7 Å². The van der Waals surface area contributed by atoms with Crippen molar-refractivity contribution in [3.8, 4) is 34.6 Å². The first-order valence-corrected chi connectivity index (χ1v) is 29.1. The first kappa shape index (κ1) is 68.5. The Morgan fingerprint density at radius 3 is 1.06 bits per heavy atom. The lowest BCUT2D eigenvalue weighted by Crippen LogP contribution is -2.63. The number of nitrogens with two attached hydrogens (primary N) is 2. The second-order valence-electron chi connectivity index (χ2n) is 22.6. The molecular formula is C62H38F16N20O4. The number of aromatic nitrogens is 15. The third-order valence-electron chi connectivity index (χ3n) is 16.4. The number of nitrogens with one attached hydrogen (secondary N) is 3. The first-order chi connectivity index (χ1) is 48.1. The summed E-state index contributed by atoms with van der Waals surface area (Å²) in [6, 6.07) is 27.7. The number of halogens is 16. The van der Waals surface area contributed by atoms with E-state index in [1.54, 1.807) is 78.1 Å². The van der Waals surface area contributed by atoms with E-state index in [1.165, 1.54) is 69.0 Å². The molecule has 40 heteroatoms. The van der Waals surface area contributed by atoms with Crippen LogP contribution in [0.2, 0.25) is 0 Å². The molecule has 12 aromatic rings. The number of carbonyl (C=O) groups is 3. The maximum Gasteiger partial charge on any atom is 0.457 e. The van der Waals surface area contributed by atoms with Crippen molar-refractivity contribution in [1.82, 2.24) is 74.2 Å². The minimum atomic E-state index is -6.23. The largest absolute Gasteiger partial charge is 0.457 e. The van der Waals surface area contributed by atoms with Crippen molar-refractivity contribution >= 4 is 68.3 Å². The van der Waals surface area contributed by atoms with E-state index < -0.39 is 111 Å². The number of carbonyl (C=O) groups excluding carboxylic acids is 3. The summed E-state index contributed by atoms with van der Waals surface area (Å²) in [5.41, 5.74) is -0.851. The number of alkyl halides is 13. The monoisotopic (exact) mass is 1430 g/mol. The minimum Gasteiger partial charge on any atom is -0.370 e. The molecule has 12 heterocycles. The van der Waals surface area contributed by atoms with Gasteiger partial charge in [-0.2, -0.15) is 72.4 Å². The number of hydrogen-bond acceptors (Lipinski definition) is 18. The summed E-state index contributed by atoms with van der Waals surface area (Å²) in [6.07, 6.45) is -10.9. The van der Waals surface area contributed by atoms with Crippen LogP contribution in [0.15, 0.2) is 146 Å². The summed E-state index contributed by atoms with van der Waals surface area (Å²) in [6.45, 7) is -0.00710. The Labute approximate surface area is 556 Å². The van der Waals surface area contributed by atoms with Gasteiger partial charge in [-0.15, -0.1) is 0 Å². The molecule has 0 radical (unpaired) electrons. The molecule has 3 atom stereocenters. The number of pyridine rings is 3. The lowest BCUT2D eigenvalue weighted by Gasteiger charge is -2.32. The zero-order valence-electron chi connectivity index (χ0n) is 50.6. The maximum atomic E-state index is 14.2. The molecule has 8 N–H and O–H groups in total. The van der Waals surface area contributed by atoms with Gasteiger partial charge in [-0.1, -0.05) is 54.6 Å². The van der Waals surface area contributed by atoms with Crippen molar-refractivity contribution in [2.75, 3.05) is 16.0 Å². The van der Waals surface area contributed by atoms with Gasteiger partial charge in [0.1, 0.15) is 52.0 Å². The number of nitrogens with zero attached hydrogens (tertiary/aromatic N) is 15. The van der Waals surface area contributed by atoms with E-state index in [1.807, 2.05) is 5.32 Å². The summed E-state index contributed by atoms with van der Waals surface area (Å²) >= 11 is 0. The van der Waals surface area contributed by atoms with Gasteiger partial charge in [-0.3, -0.25) is 14.4 Å². The third-order valence-corrected chi connectivity index (χ3v) is 16.4. The van der Waals surface area contributed by atoms with Gasteiger partial charge >= 0.3 is 30.4 Å². The molecule has 102 heavy (non-hydrogen) atoms. The maximum absolute atomic E-state index is 14.2. The summed E-state index contributed by atoms with van der Waals surface area (Å²) < 4.78 is 221. The Morgan fingerprint density at radius 2 is 0.716 bits per heavy atom. The number of aliphatic hydroxyl groups is 1. The van der Waals surface area contributed by atoms with Crippen LogP contribution in [0, 0.1) is 17.5 Å². The summed E-state index contributed by atoms with van der Waals surface area (Å²) in [4.78, 5) is 72.5. The Balaban J connectivity index is 0.000000137. The average molecular weight is 1430 g/mol. The van der Waals surface area contributed by atoms with Crippen molar-refractivity contribution in [1.29, 1.82) is 0 Å². The number of anilines is 3. The van der Waals surface area contributed by atoms with Crippen LogP contribution < -0.4 is 27.4 Å². The minimum absolute atomic E-state index is 0.0222. The van der Waals surface area contributed by atoms with Crippen molar-refractivity contribution in [3.05, 3.63) is 197 Å². The topological polar surface area (TPSA) is 329 Å². The van der Waals surface area contributed by atoms with E-state index in [2.05, 4.69) is 65.5 Å². The molecule has 3 amide bonds. The molecule has 0 saturated heterocycles. The van der Waals surface area contributed by atoms with Crippen LogP contribution in [0.25, 0.3) is 67.7 Å². The van der Waals surface area contributed by atoms with E-state index in [0.717, 1.165) is 6.20 Å². The van der Waals surface area contributed by atoms with Crippen LogP contribution in [0.4, 0.5) is 87.7 Å². The molecule has 0 spiro atoms. The standard InChI is InChI=1S/C21H13F6N7O.C21H12F6N6O2.C20H13F4N7O/c22-13-6-2-1-4-10(13)9-34-17-11(5-3-7-29-17)14(33-34)16-30-8-12-15(31-16)32-18(35)19(12,28)20(23,24)21(25,26)27;22-13-6-2-1-4-10(13)9-33-17-11(5-3-7-28-17)14(32-33)16-29-8-12-15(30-16)31-18(34)19(12,35)20(23,24)21(25,26)27;21-13-6-2-1-4-10(13)9-31-17-11(5-3-7-26-17)14(30-31)16-27-8-12-15(28-16)29-18(32)19(12,25)20(22,23)24/h1-8H,9,28H2,(H,30,31,32,35);1-8,35H,9H2,(H,29,30,31,34);1-8H,9,25H2,(H,27,28,29,32). The average Bonchev–Trinajstić information content (AvgIpc) is 1.45. The highest BCUT2D eigenvalue weighted by Crippen LogP contribution is 2.54. The van der Waals surface area contributed by atoms with Crippen molar-refractivity contribution in [3.63, 3.8) is 0 Å². The fraction of sp³-hybridized carbons (Fsp3) is 0.177. The molecule has 3 aliphatic heterocycles. The van der Waals surface area contributed by atoms with Gasteiger partial charge in [-0.25, -0.2) is 72.1 Å². The van der Waals surface area contributed by atoms with Gasteiger partial charge < -0.3 is 32.5 Å². The van der Waals surface area contributed by atoms with Crippen molar-refractivity contribution in [2.24, 2.45) is 11.5 Å². The molecule has 0 aliphatic carbocycles. The lowest BCUT2D eigenvalue weighted by atomic mass is 9.86. The fourth-order valence-corrected chi connectivity index (χ4v) is 11.1. The predicted molar refractivity (Wildman–Crippen MR) is 322 cm³/mol. The number of fused-ring (bicyclic) bond motifs is 6. The highest BCUT2D eigenvalue weighted by atomic mass is 19.4. The molecule has 3 unspecified atom stereocenters. The molecule has 24 nitrogen and oxygen atoms in total. The zero-order chi connectivity index (χ0) is 73.0. The van der Waals surface area contributed by atoms with Gasteiger partial charge in [-0.05, 0) is 54.6 Å². The van der Waals surface area contributed by atoms with Crippen LogP contribution in [0.3, 0.4) is 0 Å². The first-order valence-electron chi connectivity index (χ1n) is 29.1. The van der Waals surface area contributed by atoms with E-state index in [-0.39, 0.29) is 65.6 Å². The van der Waals surface area contributed by atoms with Crippen LogP contribution >= 0.6 is 0 Å². The molecule has 15 rings (SSSR count). The van der Waals surface area contributed by atoms with Crippen molar-refractivity contribution < 1.29 is 89.7 Å². The molecule has 0 bridgehead atoms. The second kappa shape index (κ2) is 24.4. The summed E-state index contributed by atoms with van der Waals surface area (Å²) in [5.74, 6) is -20.2. The van der Waals surface area contributed by atoms with Crippen LogP contribution in [0.5, 0.6) is 0 Å². The number of benzene rings is 3. The molecule has 3 aromatic carbocycles. The van der Waals surface area contributed by atoms with Gasteiger partial charge in [0.2, 0.25) is 11.1 Å². The van der Waals surface area contributed by atoms with Gasteiger partial charge in [0.15, 0.2) is 40.0 Å². The smallest absolute Gasteiger partial charge is 0.370 e. The highest BCUT2D eigenvalue weighted by molar-refractivity contribution is 6.07. The van der Waals surface area contributed by atoms with E-state index >= 15 is 0 Å². The van der Waals surface area contributed by atoms with E-state index in [0.29, 0.717) is 56.6 Å². The SMILES string of the molecule is NC1(C(F)(F)C(F)(F)F)C(=O)Nc2nc(-c3nn(Cc4ccccc4F)c4ncccc34)ncc21.NC1(C(F)(F)F)C(=O)Nc2nc(-c3nn(Cc4ccccc4F)c4ncccc34)ncc21.O=C1Nc2nc(-c3nn(Cc4ccccc4F)c4ncccc34)ncc2C1(O)C(F)(F)C(F)(F)F. The fourth-order valence-electron chi connectivity index (χ4n) is 11.1. The second-order valence-corrected chi connectivity index (χ2v) is 22.6. The molecule has 0 fully saturated rings. The molecule has 9 aromatic heterocycles. The van der Waals surface area contributed by atoms with Gasteiger partial charge in [0, 0.05) is 59.4 Å². The lowest BCUT2D eigenvalue weighted by molar-refractivity contribution is -0.335. The van der Waals surface area contributed by atoms with Gasteiger partial charge in [0.25, 0.3) is 17.7 Å². The normalized spacial score (nSPS) is 18.1. The molecule has 522 valence electrons. The molecule has 3 aliphatic rings. The summed E-state index contributed by atoms with van der Waals surface area (Å²) in [7, 11) is 0. The Kier molecular flexibility index (Phi) is 16.4. The Bertz CT molecular complexity index is 5170. The Hall–Kier alpha value is -12.1. The van der Waals surface area contributed by atoms with Gasteiger partial charge in [0.05, 0.1) is 46.9 Å². The molecule has 0 saturated carbocycles. The number of amides is 3.